The lowest BCUT2D eigenvalue weighted by Gasteiger charge is -2.12. The Morgan fingerprint density at radius 1 is 0.972 bits per heavy atom. The molecular formula is C25H21ClF3N3O4. The van der Waals surface area contributed by atoms with Crippen molar-refractivity contribution in [3.05, 3.63) is 88.4 Å². The van der Waals surface area contributed by atoms with Crippen molar-refractivity contribution in [3.63, 3.8) is 0 Å². The minimum atomic E-state index is -4.64. The van der Waals surface area contributed by atoms with Crippen molar-refractivity contribution in [3.8, 4) is 11.5 Å². The van der Waals surface area contributed by atoms with Crippen molar-refractivity contribution in [1.29, 1.82) is 0 Å². The number of hydrogen-bond donors (Lipinski definition) is 2. The molecule has 0 radical (unpaired) electrons. The van der Waals surface area contributed by atoms with E-state index in [0.717, 1.165) is 17.7 Å². The number of carbonyl (C=O) groups excluding carboxylic acids is 2. The first-order valence-electron chi connectivity index (χ1n) is 10.6. The quantitative estimate of drug-likeness (QED) is 0.236. The Kier molecular flexibility index (Phi) is 8.91. The summed E-state index contributed by atoms with van der Waals surface area (Å²) in [4.78, 5) is 24.1. The molecule has 0 saturated heterocycles. The van der Waals surface area contributed by atoms with Gasteiger partial charge in [0.1, 0.15) is 6.61 Å². The topological polar surface area (TPSA) is 89.0 Å². The van der Waals surface area contributed by atoms with Crippen LogP contribution in [0.4, 0.5) is 18.9 Å². The summed E-state index contributed by atoms with van der Waals surface area (Å²) in [6, 6.07) is 16.9. The van der Waals surface area contributed by atoms with Crippen molar-refractivity contribution in [2.75, 3.05) is 11.9 Å². The highest BCUT2D eigenvalue weighted by Gasteiger charge is 2.31. The van der Waals surface area contributed by atoms with Gasteiger partial charge in [-0.2, -0.15) is 18.3 Å². The van der Waals surface area contributed by atoms with Crippen LogP contribution in [0.5, 0.6) is 11.5 Å². The van der Waals surface area contributed by atoms with Gasteiger partial charge in [-0.15, -0.1) is 0 Å². The Hall–Kier alpha value is -4.05. The Balaban J connectivity index is 1.61. The van der Waals surface area contributed by atoms with Gasteiger partial charge in [0.25, 0.3) is 0 Å². The molecule has 2 amide bonds. The monoisotopic (exact) mass is 519 g/mol. The van der Waals surface area contributed by atoms with Gasteiger partial charge in [-0.05, 0) is 54.4 Å². The molecule has 3 aromatic carbocycles. The lowest BCUT2D eigenvalue weighted by atomic mass is 10.2. The first-order chi connectivity index (χ1) is 17.2. The third-order valence-corrected chi connectivity index (χ3v) is 4.96. The van der Waals surface area contributed by atoms with Gasteiger partial charge >= 0.3 is 18.0 Å². The van der Waals surface area contributed by atoms with E-state index in [2.05, 4.69) is 5.10 Å². The average Bonchev–Trinajstić information content (AvgIpc) is 2.85. The molecular weight excluding hydrogens is 499 g/mol. The third-order valence-electron chi connectivity index (χ3n) is 4.63. The predicted octanol–water partition coefficient (Wildman–Crippen LogP) is 5.43. The molecule has 0 saturated carbocycles. The second-order valence-corrected chi connectivity index (χ2v) is 7.67. The maximum absolute atomic E-state index is 12.9. The second-order valence-electron chi connectivity index (χ2n) is 7.26. The first kappa shape index (κ1) is 26.6. The number of rotatable bonds is 8. The number of hydrazone groups is 1. The molecule has 0 bridgehead atoms. The van der Waals surface area contributed by atoms with Crippen LogP contribution >= 0.6 is 11.6 Å². The fourth-order valence-corrected chi connectivity index (χ4v) is 3.09. The van der Waals surface area contributed by atoms with E-state index in [4.69, 9.17) is 21.1 Å². The number of halogens is 4. The molecule has 0 aliphatic rings. The highest BCUT2D eigenvalue weighted by molar-refractivity contribution is 6.41. The number of nitrogens with one attached hydrogen (secondary N) is 2. The highest BCUT2D eigenvalue weighted by atomic mass is 35.5. The number of amides is 2. The number of ether oxygens (including phenoxy) is 2. The van der Waals surface area contributed by atoms with E-state index in [1.165, 1.54) is 6.21 Å². The minimum absolute atomic E-state index is 0.161. The van der Waals surface area contributed by atoms with Crippen molar-refractivity contribution in [2.24, 2.45) is 5.10 Å². The standard InChI is InChI=1S/C25H21ClF3N3O4/c1-2-35-22-12-17(8-11-21(22)36-15-16-6-4-3-5-7-16)14-30-32-24(34)23(33)31-20-13-18(25(27,28)29)9-10-19(20)26/h3-14H,2,15H2,1H3,(H,31,33)(H,32,34)/b30-14+. The average molecular weight is 520 g/mol. The van der Waals surface area contributed by atoms with Crippen LogP contribution in [0, 0.1) is 0 Å². The molecule has 0 spiro atoms. The number of anilines is 1. The number of alkyl halides is 3. The van der Waals surface area contributed by atoms with E-state index in [1.807, 2.05) is 48.0 Å². The summed E-state index contributed by atoms with van der Waals surface area (Å²) < 4.78 is 50.1. The van der Waals surface area contributed by atoms with Crippen molar-refractivity contribution in [1.82, 2.24) is 5.43 Å². The predicted molar refractivity (Wildman–Crippen MR) is 129 cm³/mol. The van der Waals surface area contributed by atoms with Gasteiger partial charge in [0.05, 0.1) is 29.1 Å². The first-order valence-corrected chi connectivity index (χ1v) is 11.0. The van der Waals surface area contributed by atoms with Gasteiger partial charge < -0.3 is 14.8 Å². The number of nitrogens with zero attached hydrogens (tertiary/aromatic N) is 1. The molecule has 0 fully saturated rings. The van der Waals surface area contributed by atoms with E-state index >= 15 is 0 Å². The maximum Gasteiger partial charge on any atom is 0.416 e. The molecule has 3 rings (SSSR count). The zero-order valence-electron chi connectivity index (χ0n) is 18.9. The summed E-state index contributed by atoms with van der Waals surface area (Å²) >= 11 is 5.82. The van der Waals surface area contributed by atoms with Crippen LogP contribution in [0.25, 0.3) is 0 Å². The lowest BCUT2D eigenvalue weighted by molar-refractivity contribution is -0.137. The van der Waals surface area contributed by atoms with E-state index < -0.39 is 23.6 Å². The summed E-state index contributed by atoms with van der Waals surface area (Å²) in [6.07, 6.45) is -3.37. The van der Waals surface area contributed by atoms with Gasteiger partial charge in [0.2, 0.25) is 0 Å². The summed E-state index contributed by atoms with van der Waals surface area (Å²) in [5, 5.41) is 5.59. The minimum Gasteiger partial charge on any atom is -0.490 e. The number of carbonyl (C=O) groups is 2. The fraction of sp³-hybridized carbons (Fsp3) is 0.160. The summed E-state index contributed by atoms with van der Waals surface area (Å²) in [7, 11) is 0. The van der Waals surface area contributed by atoms with Crippen LogP contribution < -0.4 is 20.2 Å². The van der Waals surface area contributed by atoms with Crippen molar-refractivity contribution in [2.45, 2.75) is 19.7 Å². The largest absolute Gasteiger partial charge is 0.490 e. The van der Waals surface area contributed by atoms with Gasteiger partial charge in [-0.1, -0.05) is 41.9 Å². The number of benzene rings is 3. The second kappa shape index (κ2) is 12.1. The van der Waals surface area contributed by atoms with E-state index in [9.17, 15) is 22.8 Å². The van der Waals surface area contributed by atoms with Gasteiger partial charge in [-0.3, -0.25) is 9.59 Å². The Bertz CT molecular complexity index is 1250. The Labute approximate surface area is 209 Å². The van der Waals surface area contributed by atoms with Crippen LogP contribution in [0.1, 0.15) is 23.6 Å². The van der Waals surface area contributed by atoms with E-state index in [1.54, 1.807) is 18.2 Å². The molecule has 2 N–H and O–H groups in total. The molecule has 188 valence electrons. The zero-order chi connectivity index (χ0) is 26.1. The highest BCUT2D eigenvalue weighted by Crippen LogP contribution is 2.34. The molecule has 36 heavy (non-hydrogen) atoms. The molecule has 0 atom stereocenters. The van der Waals surface area contributed by atoms with Crippen LogP contribution in [0.3, 0.4) is 0 Å². The van der Waals surface area contributed by atoms with Crippen LogP contribution in [0.2, 0.25) is 5.02 Å². The molecule has 7 nitrogen and oxygen atoms in total. The van der Waals surface area contributed by atoms with Gasteiger partial charge in [-0.25, -0.2) is 5.43 Å². The normalized spacial score (nSPS) is 11.2. The summed E-state index contributed by atoms with van der Waals surface area (Å²) in [5.41, 5.74) is 2.14. The molecule has 0 aliphatic carbocycles. The van der Waals surface area contributed by atoms with Gasteiger partial charge in [0.15, 0.2) is 11.5 Å². The van der Waals surface area contributed by atoms with Crippen LogP contribution in [-0.4, -0.2) is 24.6 Å². The SMILES string of the molecule is CCOc1cc(/C=N/NC(=O)C(=O)Nc2cc(C(F)(F)F)ccc2Cl)ccc1OCc1ccccc1. The van der Waals surface area contributed by atoms with Crippen LogP contribution in [0.15, 0.2) is 71.8 Å². The third kappa shape index (κ3) is 7.47. The van der Waals surface area contributed by atoms with E-state index in [0.29, 0.717) is 36.3 Å². The molecule has 0 aliphatic heterocycles. The fourth-order valence-electron chi connectivity index (χ4n) is 2.92. The summed E-state index contributed by atoms with van der Waals surface area (Å²) in [5.74, 6) is -1.47. The molecule has 3 aromatic rings. The lowest BCUT2D eigenvalue weighted by Crippen LogP contribution is -2.32. The Morgan fingerprint density at radius 3 is 2.42 bits per heavy atom. The molecule has 11 heteroatoms. The van der Waals surface area contributed by atoms with Crippen molar-refractivity contribution < 1.29 is 32.2 Å². The molecule has 0 heterocycles. The van der Waals surface area contributed by atoms with Crippen molar-refractivity contribution >= 4 is 35.3 Å². The van der Waals surface area contributed by atoms with Gasteiger partial charge in [0, 0.05) is 0 Å². The van der Waals surface area contributed by atoms with E-state index in [-0.39, 0.29) is 10.7 Å². The van der Waals surface area contributed by atoms with Crippen LogP contribution in [-0.2, 0) is 22.4 Å². The smallest absolute Gasteiger partial charge is 0.416 e. The molecule has 0 aromatic heterocycles. The molecule has 0 unspecified atom stereocenters. The number of hydrogen-bond acceptors (Lipinski definition) is 5. The zero-order valence-corrected chi connectivity index (χ0v) is 19.7. The Morgan fingerprint density at radius 2 is 1.72 bits per heavy atom. The summed E-state index contributed by atoms with van der Waals surface area (Å²) in [6.45, 7) is 2.55. The maximum atomic E-state index is 12.9.